The van der Waals surface area contributed by atoms with E-state index in [1.165, 1.54) is 44.2 Å². The van der Waals surface area contributed by atoms with Crippen molar-refractivity contribution in [3.05, 3.63) is 67.0 Å². The number of alkyl halides is 7. The predicted molar refractivity (Wildman–Crippen MR) is 244 cm³/mol. The second kappa shape index (κ2) is 20.9. The zero-order chi connectivity index (χ0) is 51.5. The van der Waals surface area contributed by atoms with Crippen molar-refractivity contribution in [3.8, 4) is 11.8 Å². The first-order valence-electron chi connectivity index (χ1n) is 20.4. The predicted octanol–water partition coefficient (Wildman–Crippen LogP) is 12.0. The molecule has 2 amide bonds. The largest absolute Gasteiger partial charge is 0.479 e. The molecular formula is C44H45Br2Cl3F6N2O11. The molecule has 2 aromatic rings. The highest BCUT2D eigenvalue weighted by molar-refractivity contribution is 9.28. The summed E-state index contributed by atoms with van der Waals surface area (Å²) in [5, 5.41) is 27.5. The Hall–Kier alpha value is -3.78. The Morgan fingerprint density at radius 1 is 0.750 bits per heavy atom. The molecule has 5 N–H and O–H groups in total. The van der Waals surface area contributed by atoms with Crippen LogP contribution in [0.1, 0.15) is 96.1 Å². The molecule has 2 aromatic carbocycles. The molecular weight excluding hydrogens is 1110 g/mol. The molecule has 0 bridgehead atoms. The van der Waals surface area contributed by atoms with Gasteiger partial charge in [0.15, 0.2) is 5.60 Å². The number of aliphatic carboxylic acids is 1. The average Bonchev–Trinajstić information content (AvgIpc) is 3.95. The molecule has 5 fully saturated rings. The van der Waals surface area contributed by atoms with Crippen LogP contribution in [0.15, 0.2) is 45.9 Å². The summed E-state index contributed by atoms with van der Waals surface area (Å²) >= 11 is 23.4. The van der Waals surface area contributed by atoms with E-state index in [0.717, 1.165) is 47.5 Å². The quantitative estimate of drug-likeness (QED) is 0.0488. The van der Waals surface area contributed by atoms with E-state index in [2.05, 4.69) is 75.6 Å². The Bertz CT molecular complexity index is 2370. The fraction of sp³-hybridized carbons (Fsp3) is 0.523. The lowest BCUT2D eigenvalue weighted by Crippen LogP contribution is -2.49. The number of fused-ring (bicyclic) bond motifs is 2. The van der Waals surface area contributed by atoms with Gasteiger partial charge in [0.25, 0.3) is 5.60 Å². The number of halogens is 11. The molecule has 5 aliphatic carbocycles. The number of carboxylic acids is 1. The summed E-state index contributed by atoms with van der Waals surface area (Å²) in [5.74, 6) is 2.94. The number of rotatable bonds is 4. The molecule has 5 saturated carbocycles. The van der Waals surface area contributed by atoms with E-state index in [-0.39, 0.29) is 51.1 Å². The lowest BCUT2D eigenvalue weighted by molar-refractivity contribution is -0.239. The number of aliphatic hydroxyl groups is 2. The summed E-state index contributed by atoms with van der Waals surface area (Å²) in [5.41, 5.74) is -6.45. The first-order chi connectivity index (χ1) is 31.1. The van der Waals surface area contributed by atoms with Crippen LogP contribution in [0.4, 0.5) is 47.3 Å². The summed E-state index contributed by atoms with van der Waals surface area (Å²) in [6.07, 6.45) is -0.936. The lowest BCUT2D eigenvalue weighted by Gasteiger charge is -2.35. The van der Waals surface area contributed by atoms with Crippen LogP contribution in [0, 0.1) is 28.1 Å². The van der Waals surface area contributed by atoms with Crippen molar-refractivity contribution in [2.75, 3.05) is 17.7 Å². The summed E-state index contributed by atoms with van der Waals surface area (Å²) in [7, 11) is 1.44. The third-order valence-corrected chi connectivity index (χ3v) is 12.6. The van der Waals surface area contributed by atoms with Crippen LogP contribution in [0.2, 0.25) is 10.0 Å². The SMILES string of the molecule is CC1(C=C(Br)Br)CC1.CC1(C=O)CC1.COC(=O)C1(C)CC1.O=C(O)C1(O)CC1.O=C1Nc2ccc(Cl)cc2C(C#CC2(O)CC2)(C(F)(F)F)O1.O=C1Nc2ccc(Cl)cc2C(Cl)(C(F)(F)F)O1. The highest BCUT2D eigenvalue weighted by Gasteiger charge is 2.63. The van der Waals surface area contributed by atoms with Crippen LogP contribution in [0.3, 0.4) is 0 Å². The molecule has 374 valence electrons. The number of allylic oxidation sites excluding steroid dienone is 1. The lowest BCUT2D eigenvalue weighted by atomic mass is 9.90. The van der Waals surface area contributed by atoms with Crippen LogP contribution in [-0.2, 0) is 39.3 Å². The van der Waals surface area contributed by atoms with Gasteiger partial charge in [0.1, 0.15) is 11.9 Å². The fourth-order valence-corrected chi connectivity index (χ4v) is 7.05. The van der Waals surface area contributed by atoms with Gasteiger partial charge in [0.05, 0.1) is 27.3 Å². The second-order valence-electron chi connectivity index (χ2n) is 17.7. The fourth-order valence-electron chi connectivity index (χ4n) is 5.38. The molecule has 68 heavy (non-hydrogen) atoms. The standard InChI is InChI=1S/C14H9ClF3NO3.C9H4Cl2F3NO2.C6H8Br2.C6H10O2.C5H8O.C4H6O3/c15-8-1-2-10-9(7-8)13(14(16,17)18,22-11(20)19-10)6-5-12(21)3-4-12;10-4-1-2-6-5(3-4)8(11,9(12,13)14)17-7(16)15-6;1-6(2-3-6)4-5(7)8;1-6(3-4-6)5(7)8-2;1-5(4-6)2-3-5;5-3(6)4(7)1-2-4/h1-2,7,21H,3-4H2,(H,19,20);1-3H,(H,15,16);4H,2-3H2,1H3;3-4H2,1-2H3;4H,2-3H2,1H3;7H,1-2H2,(H,5,6). The Morgan fingerprint density at radius 2 is 1.22 bits per heavy atom. The van der Waals surface area contributed by atoms with E-state index in [4.69, 9.17) is 45.0 Å². The molecule has 9 rings (SSSR count). The number of carbonyl (C=O) groups is 5. The van der Waals surface area contributed by atoms with Gasteiger partial charge in [0.2, 0.25) is 0 Å². The summed E-state index contributed by atoms with van der Waals surface area (Å²) in [6.45, 7) is 6.17. The molecule has 2 atom stereocenters. The van der Waals surface area contributed by atoms with Gasteiger partial charge in [-0.15, -0.1) is 0 Å². The number of aldehydes is 1. The third kappa shape index (κ3) is 15.1. The van der Waals surface area contributed by atoms with Gasteiger partial charge < -0.3 is 34.3 Å². The highest BCUT2D eigenvalue weighted by atomic mass is 79.9. The maximum Gasteiger partial charge on any atom is 0.448 e. The van der Waals surface area contributed by atoms with E-state index in [0.29, 0.717) is 18.3 Å². The van der Waals surface area contributed by atoms with Crippen LogP contribution < -0.4 is 10.6 Å². The van der Waals surface area contributed by atoms with E-state index >= 15 is 0 Å². The molecule has 24 heteroatoms. The van der Waals surface area contributed by atoms with Crippen molar-refractivity contribution >= 4 is 108 Å². The number of amides is 2. The van der Waals surface area contributed by atoms with Crippen molar-refractivity contribution in [1.29, 1.82) is 0 Å². The van der Waals surface area contributed by atoms with Crippen LogP contribution >= 0.6 is 66.7 Å². The van der Waals surface area contributed by atoms with Crippen molar-refractivity contribution in [2.24, 2.45) is 16.2 Å². The van der Waals surface area contributed by atoms with Crippen molar-refractivity contribution in [3.63, 3.8) is 0 Å². The Kier molecular flexibility index (Phi) is 17.5. The number of methoxy groups -OCH3 is 1. The topological polar surface area (TPSA) is 198 Å². The molecule has 13 nitrogen and oxygen atoms in total. The Labute approximate surface area is 418 Å². The van der Waals surface area contributed by atoms with Gasteiger partial charge in [-0.3, -0.25) is 15.4 Å². The number of carboxylic acid groups (broad SMARTS) is 1. The number of benzene rings is 2. The highest BCUT2D eigenvalue weighted by Crippen LogP contribution is 2.52. The number of carbonyl (C=O) groups excluding carboxylic acids is 4. The van der Waals surface area contributed by atoms with E-state index < -0.39 is 63.5 Å². The smallest absolute Gasteiger partial charge is 0.448 e. The molecule has 0 spiro atoms. The van der Waals surface area contributed by atoms with Crippen molar-refractivity contribution in [1.82, 2.24) is 0 Å². The number of ether oxygens (including phenoxy) is 3. The number of hydrogen-bond donors (Lipinski definition) is 5. The first-order valence-corrected chi connectivity index (χ1v) is 23.1. The van der Waals surface area contributed by atoms with Crippen LogP contribution in [0.5, 0.6) is 0 Å². The monoisotopic (exact) mass is 1150 g/mol. The van der Waals surface area contributed by atoms with Gasteiger partial charge in [-0.2, -0.15) is 26.3 Å². The molecule has 0 aromatic heterocycles. The second-order valence-corrected chi connectivity index (χ2v) is 21.9. The molecule has 2 aliphatic heterocycles. The minimum absolute atomic E-state index is 0.0408. The number of esters is 1. The van der Waals surface area contributed by atoms with Gasteiger partial charge in [-0.25, -0.2) is 14.4 Å². The number of cyclic esters (lactones) is 2. The summed E-state index contributed by atoms with van der Waals surface area (Å²) in [4.78, 5) is 52.9. The third-order valence-electron chi connectivity index (χ3n) is 11.2. The van der Waals surface area contributed by atoms with Gasteiger partial charge >= 0.3 is 41.5 Å². The molecule has 0 radical (unpaired) electrons. The maximum absolute atomic E-state index is 13.6. The van der Waals surface area contributed by atoms with Gasteiger partial charge in [-0.1, -0.05) is 60.6 Å². The Morgan fingerprint density at radius 3 is 1.53 bits per heavy atom. The molecule has 0 saturated heterocycles. The van der Waals surface area contributed by atoms with Gasteiger partial charge in [-0.05, 0) is 151 Å². The number of anilines is 2. The van der Waals surface area contributed by atoms with E-state index in [1.807, 2.05) is 19.8 Å². The van der Waals surface area contributed by atoms with E-state index in [9.17, 15) is 55.4 Å². The minimum atomic E-state index is -5.00. The first kappa shape index (κ1) is 56.8. The normalized spacial score (nSPS) is 24.1. The van der Waals surface area contributed by atoms with Crippen LogP contribution in [0.25, 0.3) is 0 Å². The minimum Gasteiger partial charge on any atom is -0.479 e. The molecule has 2 heterocycles. The Balaban J connectivity index is 0.000000192. The number of nitrogens with one attached hydrogen (secondary N) is 2. The van der Waals surface area contributed by atoms with Crippen molar-refractivity contribution < 1.29 is 79.8 Å². The zero-order valence-corrected chi connectivity index (χ0v) is 41.9. The summed E-state index contributed by atoms with van der Waals surface area (Å²) < 4.78 is 93.7. The number of hydrogen-bond acceptors (Lipinski definition) is 10. The average molecular weight is 1160 g/mol. The van der Waals surface area contributed by atoms with Crippen molar-refractivity contribution in [2.45, 2.75) is 119 Å². The molecule has 2 unspecified atom stereocenters. The zero-order valence-electron chi connectivity index (χ0n) is 36.5. The van der Waals surface area contributed by atoms with E-state index in [1.54, 1.807) is 0 Å². The maximum atomic E-state index is 13.6. The molecule has 7 aliphatic rings. The summed E-state index contributed by atoms with van der Waals surface area (Å²) in [6, 6.07) is 7.17. The van der Waals surface area contributed by atoms with Crippen LogP contribution in [-0.4, -0.2) is 76.4 Å². The van der Waals surface area contributed by atoms with Gasteiger partial charge in [0, 0.05) is 26.6 Å².